The van der Waals surface area contributed by atoms with Crippen molar-refractivity contribution in [3.63, 3.8) is 0 Å². The van der Waals surface area contributed by atoms with Gasteiger partial charge in [0.2, 0.25) is 0 Å². The summed E-state index contributed by atoms with van der Waals surface area (Å²) in [6, 6.07) is 27.6. The Morgan fingerprint density at radius 3 is 2.19 bits per heavy atom. The molecule has 1 aliphatic rings. The van der Waals surface area contributed by atoms with Crippen LogP contribution in [0.2, 0.25) is 0 Å². The van der Waals surface area contributed by atoms with Crippen LogP contribution >= 0.6 is 0 Å². The third-order valence-corrected chi connectivity index (χ3v) is 4.68. The van der Waals surface area contributed by atoms with Crippen LogP contribution in [0.5, 0.6) is 0 Å². The molecule has 1 N–H and O–H groups in total. The number of nitrogens with one attached hydrogen (secondary N) is 1. The van der Waals surface area contributed by atoms with Gasteiger partial charge in [-0.25, -0.2) is 4.79 Å². The molecule has 1 atom stereocenters. The predicted octanol–water partition coefficient (Wildman–Crippen LogP) is 4.86. The number of aryl methyl sites for hydroxylation is 1. The van der Waals surface area contributed by atoms with Crippen LogP contribution < -0.4 is 10.2 Å². The maximum absolute atomic E-state index is 12.8. The fraction of sp³-hybridized carbons (Fsp3) is 0.130. The highest BCUT2D eigenvalue weighted by Gasteiger charge is 2.37. The molecular weight excluding hydrogens is 334 g/mol. The van der Waals surface area contributed by atoms with Gasteiger partial charge in [-0.15, -0.1) is 0 Å². The molecular formula is C23H21N3O. The molecule has 0 fully saturated rings. The first-order valence-corrected chi connectivity index (χ1v) is 9.03. The van der Waals surface area contributed by atoms with Crippen molar-refractivity contribution < 1.29 is 4.79 Å². The normalized spacial score (nSPS) is 16.3. The Labute approximate surface area is 159 Å². The lowest BCUT2D eigenvalue weighted by Gasteiger charge is -2.26. The number of nitrogens with zero attached hydrogens (tertiary/aromatic N) is 2. The lowest BCUT2D eigenvalue weighted by molar-refractivity contribution is 0.255. The van der Waals surface area contributed by atoms with E-state index in [4.69, 9.17) is 0 Å². The van der Waals surface area contributed by atoms with Crippen molar-refractivity contribution in [2.24, 2.45) is 4.99 Å². The Morgan fingerprint density at radius 2 is 1.52 bits per heavy atom. The van der Waals surface area contributed by atoms with Gasteiger partial charge in [-0.05, 0) is 30.2 Å². The Balaban J connectivity index is 1.66. The molecule has 4 rings (SSSR count). The summed E-state index contributed by atoms with van der Waals surface area (Å²) in [7, 11) is 0. The fourth-order valence-corrected chi connectivity index (χ4v) is 3.28. The summed E-state index contributed by atoms with van der Waals surface area (Å²) in [5.41, 5.74) is 4.18. The molecule has 0 saturated heterocycles. The van der Waals surface area contributed by atoms with E-state index in [9.17, 15) is 4.79 Å². The maximum Gasteiger partial charge on any atom is 0.350 e. The maximum atomic E-state index is 12.8. The first kappa shape index (κ1) is 17.0. The van der Waals surface area contributed by atoms with Crippen molar-refractivity contribution in [3.05, 3.63) is 102 Å². The predicted molar refractivity (Wildman–Crippen MR) is 109 cm³/mol. The van der Waals surface area contributed by atoms with E-state index in [-0.39, 0.29) is 12.1 Å². The Kier molecular flexibility index (Phi) is 4.71. The Morgan fingerprint density at radius 1 is 0.889 bits per heavy atom. The number of carbonyl (C=O) groups is 1. The van der Waals surface area contributed by atoms with Crippen LogP contribution in [0.1, 0.15) is 22.7 Å². The Hall–Kier alpha value is -3.40. The van der Waals surface area contributed by atoms with Gasteiger partial charge >= 0.3 is 6.03 Å². The molecule has 0 radical (unpaired) electrons. The van der Waals surface area contributed by atoms with E-state index in [1.807, 2.05) is 79.7 Å². The van der Waals surface area contributed by atoms with E-state index in [2.05, 4.69) is 22.4 Å². The van der Waals surface area contributed by atoms with Gasteiger partial charge in [0.1, 0.15) is 11.9 Å². The van der Waals surface area contributed by atoms with E-state index in [1.54, 1.807) is 4.90 Å². The molecule has 3 aromatic carbocycles. The minimum absolute atomic E-state index is 0.247. The standard InChI is InChI=1S/C23H21N3O/c1-17-12-14-20(15-13-17)26-21(19-10-6-3-7-11-19)22(25-23(26)27)24-16-18-8-4-2-5-9-18/h2-15,21H,16H2,1H3,(H,24,25,27). The van der Waals surface area contributed by atoms with Gasteiger partial charge in [-0.1, -0.05) is 78.4 Å². The quantitative estimate of drug-likeness (QED) is 0.726. The lowest BCUT2D eigenvalue weighted by Crippen LogP contribution is -2.35. The number of amides is 2. The average Bonchev–Trinajstić information content (AvgIpc) is 3.04. The number of benzene rings is 3. The van der Waals surface area contributed by atoms with E-state index in [0.717, 1.165) is 22.4 Å². The van der Waals surface area contributed by atoms with Crippen LogP contribution in [0.4, 0.5) is 10.5 Å². The summed E-state index contributed by atoms with van der Waals surface area (Å²) in [5.74, 6) is 0.677. The molecule has 0 bridgehead atoms. The third kappa shape index (κ3) is 3.60. The molecule has 0 aromatic heterocycles. The summed E-state index contributed by atoms with van der Waals surface area (Å²) in [6.45, 7) is 2.66. The van der Waals surface area contributed by atoms with Crippen LogP contribution in [0.25, 0.3) is 0 Å². The molecule has 3 aromatic rings. The third-order valence-electron chi connectivity index (χ3n) is 4.68. The van der Waals surface area contributed by atoms with Gasteiger partial charge in [0, 0.05) is 12.2 Å². The molecule has 1 unspecified atom stereocenters. The van der Waals surface area contributed by atoms with Gasteiger partial charge in [0.15, 0.2) is 0 Å². The monoisotopic (exact) mass is 355 g/mol. The fourth-order valence-electron chi connectivity index (χ4n) is 3.28. The molecule has 1 aliphatic heterocycles. The van der Waals surface area contributed by atoms with Crippen molar-refractivity contribution in [2.75, 3.05) is 4.90 Å². The number of urea groups is 1. The number of aliphatic imine (C=N–C) groups is 1. The zero-order valence-corrected chi connectivity index (χ0v) is 15.2. The van der Waals surface area contributed by atoms with Crippen LogP contribution in [0, 0.1) is 6.92 Å². The highest BCUT2D eigenvalue weighted by molar-refractivity contribution is 6.13. The zero-order chi connectivity index (χ0) is 18.6. The highest BCUT2D eigenvalue weighted by Crippen LogP contribution is 2.33. The summed E-state index contributed by atoms with van der Waals surface area (Å²) in [6.07, 6.45) is 0. The molecule has 0 spiro atoms. The molecule has 4 heteroatoms. The second kappa shape index (κ2) is 7.46. The highest BCUT2D eigenvalue weighted by atomic mass is 16.2. The summed E-state index contributed by atoms with van der Waals surface area (Å²) in [5, 5.41) is 3.38. The van der Waals surface area contributed by atoms with Gasteiger partial charge < -0.3 is 5.32 Å². The van der Waals surface area contributed by atoms with E-state index in [0.29, 0.717) is 12.4 Å². The van der Waals surface area contributed by atoms with Gasteiger partial charge in [-0.2, -0.15) is 4.99 Å². The zero-order valence-electron chi connectivity index (χ0n) is 15.2. The average molecular weight is 355 g/mol. The first-order chi connectivity index (χ1) is 13.2. The number of hydrogen-bond acceptors (Lipinski definition) is 2. The van der Waals surface area contributed by atoms with Crippen LogP contribution in [-0.4, -0.2) is 11.9 Å². The van der Waals surface area contributed by atoms with E-state index >= 15 is 0 Å². The minimum Gasteiger partial charge on any atom is -0.367 e. The van der Waals surface area contributed by atoms with Crippen LogP contribution in [-0.2, 0) is 6.54 Å². The van der Waals surface area contributed by atoms with Crippen LogP contribution in [0.3, 0.4) is 0 Å². The van der Waals surface area contributed by atoms with Crippen molar-refractivity contribution >= 4 is 17.6 Å². The summed E-state index contributed by atoms with van der Waals surface area (Å²) >= 11 is 0. The molecule has 1 heterocycles. The number of anilines is 1. The molecule has 27 heavy (non-hydrogen) atoms. The van der Waals surface area contributed by atoms with Crippen LogP contribution in [0.15, 0.2) is 89.9 Å². The lowest BCUT2D eigenvalue weighted by atomic mass is 10.0. The smallest absolute Gasteiger partial charge is 0.350 e. The van der Waals surface area contributed by atoms with Crippen molar-refractivity contribution in [2.45, 2.75) is 19.5 Å². The summed E-state index contributed by atoms with van der Waals surface area (Å²) in [4.78, 5) is 18.8. The van der Waals surface area contributed by atoms with Crippen molar-refractivity contribution in [3.8, 4) is 0 Å². The second-order valence-corrected chi connectivity index (χ2v) is 6.64. The minimum atomic E-state index is -0.259. The molecule has 4 nitrogen and oxygen atoms in total. The molecule has 134 valence electrons. The summed E-state index contributed by atoms with van der Waals surface area (Å²) < 4.78 is 0. The van der Waals surface area contributed by atoms with Gasteiger partial charge in [-0.3, -0.25) is 4.90 Å². The SMILES string of the molecule is Cc1ccc(N2C(=O)N=C(NCc3ccccc3)C2c2ccccc2)cc1. The van der Waals surface area contributed by atoms with Crippen molar-refractivity contribution in [1.29, 1.82) is 0 Å². The molecule has 2 amide bonds. The van der Waals surface area contributed by atoms with Crippen molar-refractivity contribution in [1.82, 2.24) is 5.32 Å². The number of rotatable bonds is 4. The second-order valence-electron chi connectivity index (χ2n) is 6.64. The molecule has 0 saturated carbocycles. The largest absolute Gasteiger partial charge is 0.367 e. The first-order valence-electron chi connectivity index (χ1n) is 9.03. The van der Waals surface area contributed by atoms with E-state index < -0.39 is 0 Å². The number of hydrogen-bond donors (Lipinski definition) is 1. The Bertz CT molecular complexity index is 950. The van der Waals surface area contributed by atoms with Gasteiger partial charge in [0.25, 0.3) is 0 Å². The molecule has 0 aliphatic carbocycles. The topological polar surface area (TPSA) is 44.7 Å². The van der Waals surface area contributed by atoms with Gasteiger partial charge in [0.05, 0.1) is 0 Å². The number of carbonyl (C=O) groups excluding carboxylic acids is 1. The van der Waals surface area contributed by atoms with E-state index in [1.165, 1.54) is 0 Å². The number of amidine groups is 1.